The minimum absolute atomic E-state index is 0.0484. The van der Waals surface area contributed by atoms with E-state index in [1.165, 1.54) is 0 Å². The zero-order chi connectivity index (χ0) is 25.9. The number of nitrogens with zero attached hydrogens (tertiary/aromatic N) is 2. The van der Waals surface area contributed by atoms with Gasteiger partial charge >= 0.3 is 0 Å². The Morgan fingerprint density at radius 1 is 1.03 bits per heavy atom. The first-order valence-corrected chi connectivity index (χ1v) is 12.8. The second kappa shape index (κ2) is 11.2. The molecule has 1 saturated heterocycles. The summed E-state index contributed by atoms with van der Waals surface area (Å²) in [6, 6.07) is 22.5. The SMILES string of the molecule is COc1ccc([C@@H](CN2CC[C@H](O)C2)N(C)C(=O)C(C)(c2ccc(Cl)cc2)c2ccc(Cl)cc2)cc1. The number of ether oxygens (including phenoxy) is 1. The Labute approximate surface area is 223 Å². The quantitative estimate of drug-likeness (QED) is 0.416. The molecule has 0 spiro atoms. The number of methoxy groups -OCH3 is 1. The van der Waals surface area contributed by atoms with Crippen molar-refractivity contribution >= 4 is 29.1 Å². The summed E-state index contributed by atoms with van der Waals surface area (Å²) in [4.78, 5) is 18.5. The molecule has 1 aliphatic rings. The van der Waals surface area contributed by atoms with Gasteiger partial charge in [-0.3, -0.25) is 9.69 Å². The van der Waals surface area contributed by atoms with E-state index < -0.39 is 5.41 Å². The van der Waals surface area contributed by atoms with Crippen LogP contribution in [-0.4, -0.2) is 60.7 Å². The molecular formula is C29H32Cl2N2O3. The van der Waals surface area contributed by atoms with Gasteiger partial charge in [0, 0.05) is 36.7 Å². The number of rotatable bonds is 8. The molecule has 0 bridgehead atoms. The van der Waals surface area contributed by atoms with Crippen molar-refractivity contribution in [3.05, 3.63) is 99.5 Å². The molecule has 3 aromatic carbocycles. The molecule has 1 fully saturated rings. The van der Waals surface area contributed by atoms with Crippen molar-refractivity contribution in [2.24, 2.45) is 0 Å². The molecule has 1 aliphatic heterocycles. The van der Waals surface area contributed by atoms with Crippen molar-refractivity contribution in [1.29, 1.82) is 0 Å². The summed E-state index contributed by atoms with van der Waals surface area (Å²) >= 11 is 12.4. The Kier molecular flexibility index (Phi) is 8.26. The number of hydrogen-bond donors (Lipinski definition) is 1. The molecule has 5 nitrogen and oxygen atoms in total. The van der Waals surface area contributed by atoms with Crippen LogP contribution in [0.15, 0.2) is 72.8 Å². The molecule has 1 heterocycles. The first-order chi connectivity index (χ1) is 17.2. The van der Waals surface area contributed by atoms with Crippen molar-refractivity contribution in [2.75, 3.05) is 33.8 Å². The second-order valence-corrected chi connectivity index (χ2v) is 10.4. The number of aliphatic hydroxyl groups excluding tert-OH is 1. The third-order valence-corrected chi connectivity index (χ3v) is 7.74. The highest BCUT2D eigenvalue weighted by molar-refractivity contribution is 6.30. The number of benzene rings is 3. The average molecular weight is 527 g/mol. The van der Waals surface area contributed by atoms with Gasteiger partial charge in [0.05, 0.1) is 24.7 Å². The van der Waals surface area contributed by atoms with E-state index in [2.05, 4.69) is 4.90 Å². The number of likely N-dealkylation sites (tertiary alicyclic amines) is 1. The lowest BCUT2D eigenvalue weighted by atomic mass is 9.74. The smallest absolute Gasteiger partial charge is 0.237 e. The largest absolute Gasteiger partial charge is 0.497 e. The van der Waals surface area contributed by atoms with Crippen LogP contribution < -0.4 is 4.74 Å². The van der Waals surface area contributed by atoms with Gasteiger partial charge in [-0.2, -0.15) is 0 Å². The van der Waals surface area contributed by atoms with Gasteiger partial charge in [0.25, 0.3) is 0 Å². The third-order valence-electron chi connectivity index (χ3n) is 7.24. The minimum Gasteiger partial charge on any atom is -0.497 e. The molecule has 4 rings (SSSR count). The van der Waals surface area contributed by atoms with E-state index in [4.69, 9.17) is 27.9 Å². The first kappa shape index (κ1) is 26.5. The monoisotopic (exact) mass is 526 g/mol. The van der Waals surface area contributed by atoms with Gasteiger partial charge in [-0.25, -0.2) is 0 Å². The molecular weight excluding hydrogens is 495 g/mol. The van der Waals surface area contributed by atoms with Gasteiger partial charge in [-0.15, -0.1) is 0 Å². The number of aliphatic hydroxyl groups is 1. The van der Waals surface area contributed by atoms with Crippen LogP contribution in [-0.2, 0) is 10.2 Å². The molecule has 7 heteroatoms. The lowest BCUT2D eigenvalue weighted by molar-refractivity contribution is -0.136. The molecule has 36 heavy (non-hydrogen) atoms. The topological polar surface area (TPSA) is 53.0 Å². The van der Waals surface area contributed by atoms with Crippen LogP contribution in [0.25, 0.3) is 0 Å². The fraction of sp³-hybridized carbons (Fsp3) is 0.345. The molecule has 3 aromatic rings. The fourth-order valence-electron chi connectivity index (χ4n) is 4.97. The van der Waals surface area contributed by atoms with Crippen LogP contribution in [0.5, 0.6) is 5.75 Å². The van der Waals surface area contributed by atoms with E-state index in [-0.39, 0.29) is 18.1 Å². The summed E-state index contributed by atoms with van der Waals surface area (Å²) in [5.41, 5.74) is 1.72. The Morgan fingerprint density at radius 3 is 2.00 bits per heavy atom. The maximum Gasteiger partial charge on any atom is 0.237 e. The van der Waals surface area contributed by atoms with Crippen LogP contribution >= 0.6 is 23.2 Å². The van der Waals surface area contributed by atoms with E-state index in [1.54, 1.807) is 7.11 Å². The summed E-state index contributed by atoms with van der Waals surface area (Å²) in [5, 5.41) is 11.3. The van der Waals surface area contributed by atoms with Crippen molar-refractivity contribution in [1.82, 2.24) is 9.80 Å². The van der Waals surface area contributed by atoms with Crippen LogP contribution in [0.3, 0.4) is 0 Å². The molecule has 190 valence electrons. The Morgan fingerprint density at radius 2 is 1.56 bits per heavy atom. The molecule has 1 N–H and O–H groups in total. The van der Waals surface area contributed by atoms with Crippen LogP contribution in [0.4, 0.5) is 0 Å². The van der Waals surface area contributed by atoms with Gasteiger partial charge in [-0.05, 0) is 66.4 Å². The number of carbonyl (C=O) groups excluding carboxylic acids is 1. The summed E-state index contributed by atoms with van der Waals surface area (Å²) < 4.78 is 5.35. The molecule has 0 saturated carbocycles. The lowest BCUT2D eigenvalue weighted by Gasteiger charge is -2.39. The first-order valence-electron chi connectivity index (χ1n) is 12.1. The summed E-state index contributed by atoms with van der Waals surface area (Å²) in [6.07, 6.45) is 0.399. The van der Waals surface area contributed by atoms with Gasteiger partial charge in [0.1, 0.15) is 5.75 Å². The Balaban J connectivity index is 1.75. The number of amides is 1. The average Bonchev–Trinajstić information content (AvgIpc) is 3.31. The van der Waals surface area contributed by atoms with E-state index in [9.17, 15) is 9.90 Å². The lowest BCUT2D eigenvalue weighted by Crippen LogP contribution is -2.48. The number of β-amino-alcohol motifs (C(OH)–C–C–N with tert-alkyl or cyclic N) is 1. The summed E-state index contributed by atoms with van der Waals surface area (Å²) in [5.74, 6) is 0.711. The van der Waals surface area contributed by atoms with Gasteiger partial charge in [0.2, 0.25) is 5.91 Å². The molecule has 2 atom stereocenters. The van der Waals surface area contributed by atoms with Gasteiger partial charge < -0.3 is 14.7 Å². The molecule has 0 aliphatic carbocycles. The highest BCUT2D eigenvalue weighted by atomic mass is 35.5. The van der Waals surface area contributed by atoms with Crippen LogP contribution in [0, 0.1) is 0 Å². The normalized spacial score (nSPS) is 17.1. The van der Waals surface area contributed by atoms with E-state index in [0.29, 0.717) is 23.1 Å². The predicted octanol–water partition coefficient (Wildman–Crippen LogP) is 5.57. The van der Waals surface area contributed by atoms with Crippen molar-refractivity contribution < 1.29 is 14.6 Å². The summed E-state index contributed by atoms with van der Waals surface area (Å²) in [7, 11) is 3.49. The Bertz CT molecular complexity index is 1120. The van der Waals surface area contributed by atoms with Gasteiger partial charge in [-0.1, -0.05) is 59.6 Å². The fourth-order valence-corrected chi connectivity index (χ4v) is 5.23. The zero-order valence-corrected chi connectivity index (χ0v) is 22.3. The maximum atomic E-state index is 14.5. The van der Waals surface area contributed by atoms with Crippen molar-refractivity contribution in [3.8, 4) is 5.75 Å². The number of halogens is 2. The number of carbonyl (C=O) groups is 1. The van der Waals surface area contributed by atoms with E-state index >= 15 is 0 Å². The molecule has 0 aromatic heterocycles. The van der Waals surface area contributed by atoms with Gasteiger partial charge in [0.15, 0.2) is 0 Å². The highest BCUT2D eigenvalue weighted by Crippen LogP contribution is 2.38. The predicted molar refractivity (Wildman–Crippen MR) is 145 cm³/mol. The highest BCUT2D eigenvalue weighted by Gasteiger charge is 2.41. The minimum atomic E-state index is -0.973. The molecule has 0 radical (unpaired) electrons. The third kappa shape index (κ3) is 5.55. The second-order valence-electron chi connectivity index (χ2n) is 9.55. The maximum absolute atomic E-state index is 14.5. The van der Waals surface area contributed by atoms with Crippen molar-refractivity contribution in [3.63, 3.8) is 0 Å². The van der Waals surface area contributed by atoms with E-state index in [1.807, 2.05) is 91.7 Å². The number of hydrogen-bond acceptors (Lipinski definition) is 4. The standard InChI is InChI=1S/C29H32Cl2N2O3/c1-29(21-6-10-23(30)11-7-21,22-8-12-24(31)13-9-22)28(35)32(2)27(19-33-17-16-25(34)18-33)20-4-14-26(36-3)15-5-20/h4-15,25,27,34H,16-19H2,1-3H3/t25-,27+/m0/s1. The van der Waals surface area contributed by atoms with Crippen LogP contribution in [0.2, 0.25) is 10.0 Å². The van der Waals surface area contributed by atoms with E-state index in [0.717, 1.165) is 35.4 Å². The number of likely N-dealkylation sites (N-methyl/N-ethyl adjacent to an activating group) is 1. The summed E-state index contributed by atoms with van der Waals surface area (Å²) in [6.45, 7) is 3.95. The Hall–Kier alpha value is -2.57. The van der Waals surface area contributed by atoms with Crippen molar-refractivity contribution in [2.45, 2.75) is 30.9 Å². The van der Waals surface area contributed by atoms with Crippen LogP contribution in [0.1, 0.15) is 36.1 Å². The zero-order valence-electron chi connectivity index (χ0n) is 20.8. The molecule has 0 unspecified atom stereocenters. The molecule has 1 amide bonds.